The van der Waals surface area contributed by atoms with Crippen LogP contribution in [-0.4, -0.2) is 24.0 Å². The molecule has 5 rings (SSSR count). The zero-order valence-corrected chi connectivity index (χ0v) is 23.1. The van der Waals surface area contributed by atoms with Crippen LogP contribution in [0.25, 0.3) is 0 Å². The molecule has 1 N–H and O–H groups in total. The predicted molar refractivity (Wildman–Crippen MR) is 156 cm³/mol. The molecule has 1 atom stereocenters. The molecule has 41 heavy (non-hydrogen) atoms. The van der Waals surface area contributed by atoms with Crippen LogP contribution in [0, 0.1) is 0 Å². The van der Waals surface area contributed by atoms with Gasteiger partial charge in [0.2, 0.25) is 0 Å². The van der Waals surface area contributed by atoms with E-state index in [4.69, 9.17) is 14.2 Å². The molecule has 7 heteroatoms. The van der Waals surface area contributed by atoms with E-state index < -0.39 is 12.0 Å². The van der Waals surface area contributed by atoms with Crippen LogP contribution in [0.15, 0.2) is 120 Å². The summed E-state index contributed by atoms with van der Waals surface area (Å²) in [4.78, 5) is 28.6. The number of benzene rings is 4. The van der Waals surface area contributed by atoms with Gasteiger partial charge >= 0.3 is 12.0 Å². The van der Waals surface area contributed by atoms with Crippen molar-refractivity contribution in [1.82, 2.24) is 10.2 Å². The van der Waals surface area contributed by atoms with Gasteiger partial charge in [-0.3, -0.25) is 4.90 Å². The topological polar surface area (TPSA) is 77.1 Å². The fourth-order valence-electron chi connectivity index (χ4n) is 4.77. The normalized spacial score (nSPS) is 14.8. The highest BCUT2D eigenvalue weighted by Gasteiger charge is 2.37. The Balaban J connectivity index is 1.45. The number of nitrogens with zero attached hydrogens (tertiary/aromatic N) is 1. The number of rotatable bonds is 10. The van der Waals surface area contributed by atoms with Crippen molar-refractivity contribution in [2.24, 2.45) is 0 Å². The molecular weight excluding hydrogens is 516 g/mol. The number of urea groups is 1. The molecule has 0 aromatic heterocycles. The monoisotopic (exact) mass is 548 g/mol. The van der Waals surface area contributed by atoms with Gasteiger partial charge in [-0.1, -0.05) is 97.1 Å². The van der Waals surface area contributed by atoms with Gasteiger partial charge in [-0.25, -0.2) is 9.59 Å². The van der Waals surface area contributed by atoms with Gasteiger partial charge in [0, 0.05) is 5.70 Å². The summed E-state index contributed by atoms with van der Waals surface area (Å²) in [6, 6.07) is 33.4. The molecule has 4 aromatic carbocycles. The quantitative estimate of drug-likeness (QED) is 0.227. The SMILES string of the molecule is COc1cc([C@@H]2NC(=O)N(Cc3ccccc3)C(C)=C2C(=O)OCc2ccccc2)ccc1OCc1ccccc1. The summed E-state index contributed by atoms with van der Waals surface area (Å²) in [5.74, 6) is 0.550. The van der Waals surface area contributed by atoms with Crippen LogP contribution in [0.2, 0.25) is 0 Å². The zero-order valence-electron chi connectivity index (χ0n) is 23.1. The molecule has 1 heterocycles. The molecule has 0 fully saturated rings. The average Bonchev–Trinajstić information content (AvgIpc) is 3.02. The van der Waals surface area contributed by atoms with E-state index in [1.807, 2.05) is 97.1 Å². The third-order valence-electron chi connectivity index (χ3n) is 6.97. The van der Waals surface area contributed by atoms with Crippen LogP contribution >= 0.6 is 0 Å². The molecule has 0 radical (unpaired) electrons. The molecule has 0 saturated carbocycles. The number of carbonyl (C=O) groups excluding carboxylic acids is 2. The van der Waals surface area contributed by atoms with Gasteiger partial charge in [0.05, 0.1) is 25.3 Å². The number of allylic oxidation sites excluding steroid dienone is 1. The first-order chi connectivity index (χ1) is 20.0. The maximum atomic E-state index is 13.6. The molecule has 1 aliphatic rings. The van der Waals surface area contributed by atoms with Crippen LogP contribution in [0.5, 0.6) is 11.5 Å². The number of esters is 1. The van der Waals surface area contributed by atoms with Crippen molar-refractivity contribution in [3.8, 4) is 11.5 Å². The van der Waals surface area contributed by atoms with Crippen molar-refractivity contribution in [2.75, 3.05) is 7.11 Å². The Labute approximate surface area is 240 Å². The fraction of sp³-hybridized carbons (Fsp3) is 0.176. The van der Waals surface area contributed by atoms with E-state index in [9.17, 15) is 9.59 Å². The second kappa shape index (κ2) is 12.9. The number of hydrogen-bond donors (Lipinski definition) is 1. The molecule has 0 saturated heterocycles. The minimum absolute atomic E-state index is 0.116. The van der Waals surface area contributed by atoms with Crippen LogP contribution in [0.1, 0.15) is 35.2 Å². The van der Waals surface area contributed by atoms with Crippen LogP contribution in [-0.2, 0) is 29.3 Å². The molecule has 2 amide bonds. The van der Waals surface area contributed by atoms with E-state index in [1.54, 1.807) is 31.1 Å². The second-order valence-corrected chi connectivity index (χ2v) is 9.70. The van der Waals surface area contributed by atoms with Gasteiger partial charge in [0.25, 0.3) is 0 Å². The van der Waals surface area contributed by atoms with Crippen molar-refractivity contribution < 1.29 is 23.8 Å². The lowest BCUT2D eigenvalue weighted by Crippen LogP contribution is -2.47. The van der Waals surface area contributed by atoms with Crippen molar-refractivity contribution in [2.45, 2.75) is 32.7 Å². The standard InChI is InChI=1S/C34H32N2O5/c1-24-31(33(37)41-23-27-16-10-5-11-17-27)32(35-34(38)36(24)21-25-12-6-3-7-13-25)28-18-19-29(30(20-28)39-2)40-22-26-14-8-4-9-15-26/h3-20,32H,21-23H2,1-2H3,(H,35,38)/t32-/m0/s1. The molecule has 0 unspecified atom stereocenters. The summed E-state index contributed by atoms with van der Waals surface area (Å²) >= 11 is 0. The number of methoxy groups -OCH3 is 1. The van der Waals surface area contributed by atoms with E-state index in [-0.39, 0.29) is 12.6 Å². The van der Waals surface area contributed by atoms with E-state index in [1.165, 1.54) is 0 Å². The fourth-order valence-corrected chi connectivity index (χ4v) is 4.77. The summed E-state index contributed by atoms with van der Waals surface area (Å²) in [7, 11) is 1.56. The maximum Gasteiger partial charge on any atom is 0.338 e. The molecular formula is C34H32N2O5. The highest BCUT2D eigenvalue weighted by atomic mass is 16.5. The van der Waals surface area contributed by atoms with Gasteiger partial charge < -0.3 is 19.5 Å². The van der Waals surface area contributed by atoms with Gasteiger partial charge in [-0.2, -0.15) is 0 Å². The Hall–Kier alpha value is -5.04. The Morgan fingerprint density at radius 2 is 1.37 bits per heavy atom. The Bertz CT molecular complexity index is 1520. The zero-order chi connectivity index (χ0) is 28.6. The third kappa shape index (κ3) is 6.58. The van der Waals surface area contributed by atoms with E-state index >= 15 is 0 Å². The predicted octanol–water partition coefficient (Wildman–Crippen LogP) is 6.56. The van der Waals surface area contributed by atoms with Crippen LogP contribution in [0.4, 0.5) is 4.79 Å². The first-order valence-electron chi connectivity index (χ1n) is 13.4. The van der Waals surface area contributed by atoms with Gasteiger partial charge in [-0.15, -0.1) is 0 Å². The highest BCUT2D eigenvalue weighted by Crippen LogP contribution is 2.37. The van der Waals surface area contributed by atoms with Gasteiger partial charge in [0.15, 0.2) is 11.5 Å². The average molecular weight is 549 g/mol. The van der Waals surface area contributed by atoms with Crippen molar-refractivity contribution in [3.63, 3.8) is 0 Å². The minimum atomic E-state index is -0.741. The summed E-state index contributed by atoms with van der Waals surface area (Å²) < 4.78 is 17.4. The maximum absolute atomic E-state index is 13.6. The largest absolute Gasteiger partial charge is 0.493 e. The number of carbonyl (C=O) groups is 2. The third-order valence-corrected chi connectivity index (χ3v) is 6.97. The molecule has 7 nitrogen and oxygen atoms in total. The van der Waals surface area contributed by atoms with Gasteiger partial charge in [-0.05, 0) is 41.3 Å². The lowest BCUT2D eigenvalue weighted by molar-refractivity contribution is -0.141. The summed E-state index contributed by atoms with van der Waals surface area (Å²) in [5, 5.41) is 3.02. The highest BCUT2D eigenvalue weighted by molar-refractivity contribution is 5.95. The Kier molecular flexibility index (Phi) is 8.64. The summed E-state index contributed by atoms with van der Waals surface area (Å²) in [6.07, 6.45) is 0. The Morgan fingerprint density at radius 3 is 1.98 bits per heavy atom. The number of ether oxygens (including phenoxy) is 3. The molecule has 0 bridgehead atoms. The lowest BCUT2D eigenvalue weighted by Gasteiger charge is -2.35. The van der Waals surface area contributed by atoms with E-state index in [2.05, 4.69) is 5.32 Å². The first-order valence-corrected chi connectivity index (χ1v) is 13.4. The molecule has 0 aliphatic carbocycles. The number of hydrogen-bond acceptors (Lipinski definition) is 5. The molecule has 0 spiro atoms. The van der Waals surface area contributed by atoms with Crippen molar-refractivity contribution >= 4 is 12.0 Å². The van der Waals surface area contributed by atoms with E-state index in [0.29, 0.717) is 41.5 Å². The van der Waals surface area contributed by atoms with Crippen LogP contribution in [0.3, 0.4) is 0 Å². The van der Waals surface area contributed by atoms with Crippen molar-refractivity contribution in [1.29, 1.82) is 0 Å². The lowest BCUT2D eigenvalue weighted by atomic mass is 9.94. The summed E-state index contributed by atoms with van der Waals surface area (Å²) in [5.41, 5.74) is 4.41. The molecule has 4 aromatic rings. The summed E-state index contributed by atoms with van der Waals surface area (Å²) in [6.45, 7) is 2.59. The minimum Gasteiger partial charge on any atom is -0.493 e. The molecule has 1 aliphatic heterocycles. The number of amides is 2. The second-order valence-electron chi connectivity index (χ2n) is 9.70. The van der Waals surface area contributed by atoms with Crippen LogP contribution < -0.4 is 14.8 Å². The Morgan fingerprint density at radius 1 is 0.780 bits per heavy atom. The van der Waals surface area contributed by atoms with Gasteiger partial charge in [0.1, 0.15) is 13.2 Å². The van der Waals surface area contributed by atoms with E-state index in [0.717, 1.165) is 16.7 Å². The smallest absolute Gasteiger partial charge is 0.338 e. The first kappa shape index (κ1) is 27.5. The van der Waals surface area contributed by atoms with Crippen molar-refractivity contribution in [3.05, 3.63) is 143 Å². The molecule has 208 valence electrons. The number of nitrogens with one attached hydrogen (secondary N) is 1.